The fourth-order valence-corrected chi connectivity index (χ4v) is 1.04. The molecule has 0 atom stereocenters. The first-order valence-electron chi connectivity index (χ1n) is 3.89. The van der Waals surface area contributed by atoms with Crippen LogP contribution in [-0.4, -0.2) is 11.5 Å². The largest absolute Gasteiger partial charge is 0.304 e. The maximum Gasteiger partial charge on any atom is 0.269 e. The molecule has 1 aromatic carbocycles. The van der Waals surface area contributed by atoms with Crippen molar-refractivity contribution in [1.82, 2.24) is 0 Å². The highest BCUT2D eigenvalue weighted by Crippen LogP contribution is 2.16. The van der Waals surface area contributed by atoms with Crippen LogP contribution in [-0.2, 0) is 11.3 Å². The molecule has 76 valence electrons. The van der Waals surface area contributed by atoms with Crippen LogP contribution in [0.5, 0.6) is 0 Å². The Hall–Kier alpha value is -1.53. The van der Waals surface area contributed by atoms with E-state index < -0.39 is 10.7 Å². The predicted octanol–water partition coefficient (Wildman–Crippen LogP) is 1.17. The molecule has 0 amide bonds. The van der Waals surface area contributed by atoms with Gasteiger partial charge in [-0.15, -0.1) is 0 Å². The highest BCUT2D eigenvalue weighted by Gasteiger charge is 2.10. The third-order valence-corrected chi connectivity index (χ3v) is 1.73. The van der Waals surface area contributed by atoms with Crippen LogP contribution in [0.4, 0.5) is 10.1 Å². The van der Waals surface area contributed by atoms with Gasteiger partial charge in [0.2, 0.25) is 0 Å². The third kappa shape index (κ3) is 2.48. The van der Waals surface area contributed by atoms with Crippen molar-refractivity contribution in [2.45, 2.75) is 6.42 Å². The molecule has 0 saturated heterocycles. The Morgan fingerprint density at radius 3 is 2.86 bits per heavy atom. The fraction of sp³-hybridized carbons (Fsp3) is 0.250. The zero-order valence-electron chi connectivity index (χ0n) is 7.27. The molecule has 0 aliphatic heterocycles. The lowest BCUT2D eigenvalue weighted by Crippen LogP contribution is -2.05. The number of rotatable bonds is 4. The summed E-state index contributed by atoms with van der Waals surface area (Å²) in [4.78, 5) is 14.1. The van der Waals surface area contributed by atoms with Crippen molar-refractivity contribution in [1.29, 1.82) is 0 Å². The van der Waals surface area contributed by atoms with E-state index in [1.165, 1.54) is 6.07 Å². The minimum absolute atomic E-state index is 0.123. The van der Waals surface area contributed by atoms with E-state index in [0.29, 0.717) is 0 Å². The van der Waals surface area contributed by atoms with Crippen molar-refractivity contribution in [3.8, 4) is 0 Å². The van der Waals surface area contributed by atoms with E-state index in [2.05, 4.69) is 4.84 Å². The van der Waals surface area contributed by atoms with Crippen LogP contribution in [0.2, 0.25) is 0 Å². The SMILES string of the molecule is NOCCc1cc([N+](=O)[O-])ccc1F. The van der Waals surface area contributed by atoms with Crippen LogP contribution in [0.15, 0.2) is 18.2 Å². The highest BCUT2D eigenvalue weighted by molar-refractivity contribution is 5.35. The minimum atomic E-state index is -0.577. The molecule has 0 unspecified atom stereocenters. The van der Waals surface area contributed by atoms with Crippen molar-refractivity contribution in [2.24, 2.45) is 5.90 Å². The van der Waals surface area contributed by atoms with Gasteiger partial charge in [-0.2, -0.15) is 0 Å². The molecular formula is C8H9FN2O3. The summed E-state index contributed by atoms with van der Waals surface area (Å²) < 4.78 is 13.0. The Morgan fingerprint density at radius 1 is 1.57 bits per heavy atom. The predicted molar refractivity (Wildman–Crippen MR) is 46.9 cm³/mol. The second-order valence-electron chi connectivity index (χ2n) is 2.65. The summed E-state index contributed by atoms with van der Waals surface area (Å²) in [6.07, 6.45) is 0.212. The van der Waals surface area contributed by atoms with Crippen LogP contribution in [0.3, 0.4) is 0 Å². The first-order valence-corrected chi connectivity index (χ1v) is 3.89. The zero-order chi connectivity index (χ0) is 10.6. The van der Waals surface area contributed by atoms with Crippen molar-refractivity contribution in [2.75, 3.05) is 6.61 Å². The molecular weight excluding hydrogens is 191 g/mol. The number of hydrogen-bond donors (Lipinski definition) is 1. The minimum Gasteiger partial charge on any atom is -0.304 e. The molecule has 6 heteroatoms. The lowest BCUT2D eigenvalue weighted by Gasteiger charge is -2.01. The fourth-order valence-electron chi connectivity index (χ4n) is 1.04. The van der Waals surface area contributed by atoms with E-state index in [9.17, 15) is 14.5 Å². The molecule has 2 N–H and O–H groups in total. The maximum absolute atomic E-state index is 13.0. The number of benzene rings is 1. The molecule has 0 aliphatic rings. The van der Waals surface area contributed by atoms with Gasteiger partial charge in [0, 0.05) is 18.6 Å². The van der Waals surface area contributed by atoms with Crippen LogP contribution in [0, 0.1) is 15.9 Å². The quantitative estimate of drug-likeness (QED) is 0.584. The van der Waals surface area contributed by atoms with Crippen molar-refractivity contribution in [3.63, 3.8) is 0 Å². The lowest BCUT2D eigenvalue weighted by molar-refractivity contribution is -0.385. The molecule has 0 aromatic heterocycles. The Balaban J connectivity index is 2.90. The van der Waals surface area contributed by atoms with Crippen LogP contribution >= 0.6 is 0 Å². The van der Waals surface area contributed by atoms with E-state index in [0.717, 1.165) is 12.1 Å². The number of nitrogens with two attached hydrogens (primary N) is 1. The number of nitro benzene ring substituents is 1. The summed E-state index contributed by atoms with van der Waals surface area (Å²) in [5.41, 5.74) is 0.0862. The Morgan fingerprint density at radius 2 is 2.29 bits per heavy atom. The second-order valence-corrected chi connectivity index (χ2v) is 2.65. The third-order valence-electron chi connectivity index (χ3n) is 1.73. The summed E-state index contributed by atoms with van der Waals surface area (Å²) in [5, 5.41) is 10.4. The maximum atomic E-state index is 13.0. The summed E-state index contributed by atoms with van der Waals surface area (Å²) in [6.45, 7) is 0.123. The molecule has 5 nitrogen and oxygen atoms in total. The topological polar surface area (TPSA) is 78.4 Å². The van der Waals surface area contributed by atoms with Gasteiger partial charge in [0.25, 0.3) is 5.69 Å². The van der Waals surface area contributed by atoms with Crippen LogP contribution in [0.1, 0.15) is 5.56 Å². The normalized spacial score (nSPS) is 10.1. The zero-order valence-corrected chi connectivity index (χ0v) is 7.27. The van der Waals surface area contributed by atoms with Crippen LogP contribution < -0.4 is 5.90 Å². The average Bonchev–Trinajstić information content (AvgIpc) is 2.16. The monoisotopic (exact) mass is 200 g/mol. The first kappa shape index (κ1) is 10.6. The van der Waals surface area contributed by atoms with Gasteiger partial charge in [0.05, 0.1) is 11.5 Å². The average molecular weight is 200 g/mol. The second kappa shape index (κ2) is 4.64. The summed E-state index contributed by atoms with van der Waals surface area (Å²) in [5.74, 6) is 4.28. The van der Waals surface area contributed by atoms with E-state index in [1.54, 1.807) is 0 Å². The summed E-state index contributed by atoms with van der Waals surface area (Å²) in [7, 11) is 0. The van der Waals surface area contributed by atoms with Gasteiger partial charge in [-0.1, -0.05) is 0 Å². The van der Waals surface area contributed by atoms with Crippen LogP contribution in [0.25, 0.3) is 0 Å². The first-order chi connectivity index (χ1) is 6.65. The van der Waals surface area contributed by atoms with E-state index >= 15 is 0 Å². The van der Waals surface area contributed by atoms with Gasteiger partial charge in [-0.3, -0.25) is 10.1 Å². The smallest absolute Gasteiger partial charge is 0.269 e. The number of halogens is 1. The number of non-ortho nitro benzene ring substituents is 1. The number of hydrogen-bond acceptors (Lipinski definition) is 4. The molecule has 0 aliphatic carbocycles. The van der Waals surface area contributed by atoms with Gasteiger partial charge < -0.3 is 4.84 Å². The van der Waals surface area contributed by atoms with E-state index in [1.807, 2.05) is 0 Å². The molecule has 1 rings (SSSR count). The molecule has 0 bridgehead atoms. The Kier molecular flexibility index (Phi) is 3.49. The van der Waals surface area contributed by atoms with Crippen molar-refractivity contribution in [3.05, 3.63) is 39.7 Å². The Labute approximate surface area is 79.4 Å². The van der Waals surface area contributed by atoms with E-state index in [4.69, 9.17) is 5.90 Å². The van der Waals surface area contributed by atoms with Crippen molar-refractivity contribution < 1.29 is 14.2 Å². The van der Waals surface area contributed by atoms with Gasteiger partial charge >= 0.3 is 0 Å². The molecule has 14 heavy (non-hydrogen) atoms. The molecule has 1 aromatic rings. The molecule has 0 radical (unpaired) electrons. The number of nitrogens with zero attached hydrogens (tertiary/aromatic N) is 1. The van der Waals surface area contributed by atoms with Crippen molar-refractivity contribution >= 4 is 5.69 Å². The molecule has 0 saturated carbocycles. The summed E-state index contributed by atoms with van der Waals surface area (Å²) >= 11 is 0. The van der Waals surface area contributed by atoms with Gasteiger partial charge in [-0.05, 0) is 11.6 Å². The highest BCUT2D eigenvalue weighted by atomic mass is 19.1. The molecule has 0 fully saturated rings. The lowest BCUT2D eigenvalue weighted by atomic mass is 10.1. The van der Waals surface area contributed by atoms with Gasteiger partial charge in [-0.25, -0.2) is 10.3 Å². The molecule has 0 heterocycles. The summed E-state index contributed by atoms with van der Waals surface area (Å²) in [6, 6.07) is 3.35. The Bertz CT molecular complexity index is 343. The van der Waals surface area contributed by atoms with Gasteiger partial charge in [0.15, 0.2) is 0 Å². The number of nitro groups is 1. The van der Waals surface area contributed by atoms with Gasteiger partial charge in [0.1, 0.15) is 5.82 Å². The standard InChI is InChI=1S/C8H9FN2O3/c9-8-2-1-7(11(12)13)5-6(8)3-4-14-10/h1-2,5H,3-4,10H2. The van der Waals surface area contributed by atoms with E-state index in [-0.39, 0.29) is 24.3 Å². The molecule has 0 spiro atoms.